The maximum Gasteiger partial charge on any atom is 0.336 e. The van der Waals surface area contributed by atoms with Crippen LogP contribution >= 0.6 is 0 Å². The standard InChI is InChI=1S/C27H25N3O4/c31-23-8-7-20-18-21-9-17-33-25(21)27(26(20)34-23)32-16-3-11-29-12-14-30(15-13-29)22-6-1-4-19-5-2-10-28-24(19)22/h1-2,4-10,17-18H,3,11-16H2. The second kappa shape index (κ2) is 8.83. The van der Waals surface area contributed by atoms with Crippen molar-refractivity contribution in [1.82, 2.24) is 9.88 Å². The molecule has 1 aliphatic heterocycles. The highest BCUT2D eigenvalue weighted by molar-refractivity contribution is 6.00. The van der Waals surface area contributed by atoms with Gasteiger partial charge < -0.3 is 18.5 Å². The lowest BCUT2D eigenvalue weighted by atomic mass is 10.1. The average molecular weight is 456 g/mol. The van der Waals surface area contributed by atoms with Gasteiger partial charge in [-0.1, -0.05) is 18.2 Å². The lowest BCUT2D eigenvalue weighted by molar-refractivity contribution is 0.224. The molecule has 3 aromatic heterocycles. The van der Waals surface area contributed by atoms with E-state index in [1.807, 2.05) is 24.4 Å². The maximum absolute atomic E-state index is 11.8. The van der Waals surface area contributed by atoms with Crippen LogP contribution in [0.15, 0.2) is 80.7 Å². The van der Waals surface area contributed by atoms with Crippen molar-refractivity contribution in [2.45, 2.75) is 6.42 Å². The first-order chi connectivity index (χ1) is 16.8. The molecular weight excluding hydrogens is 430 g/mol. The Balaban J connectivity index is 1.08. The van der Waals surface area contributed by atoms with E-state index in [0.717, 1.165) is 55.4 Å². The first kappa shape index (κ1) is 20.7. The molecular formula is C27H25N3O4. The number of para-hydroxylation sites is 1. The maximum atomic E-state index is 11.8. The third-order valence-corrected chi connectivity index (χ3v) is 6.47. The summed E-state index contributed by atoms with van der Waals surface area (Å²) in [6.45, 7) is 5.39. The number of anilines is 1. The van der Waals surface area contributed by atoms with E-state index in [4.69, 9.17) is 13.6 Å². The predicted molar refractivity (Wildman–Crippen MR) is 133 cm³/mol. The van der Waals surface area contributed by atoms with Gasteiger partial charge in [0.2, 0.25) is 5.75 Å². The summed E-state index contributed by atoms with van der Waals surface area (Å²) in [6.07, 6.45) is 4.35. The monoisotopic (exact) mass is 455 g/mol. The van der Waals surface area contributed by atoms with Crippen molar-refractivity contribution in [2.24, 2.45) is 0 Å². The molecule has 0 radical (unpaired) electrons. The minimum Gasteiger partial charge on any atom is -0.486 e. The van der Waals surface area contributed by atoms with Crippen molar-refractivity contribution in [3.05, 3.63) is 77.5 Å². The predicted octanol–water partition coefficient (Wildman–Crippen LogP) is 4.68. The van der Waals surface area contributed by atoms with Crippen LogP contribution in [0.3, 0.4) is 0 Å². The van der Waals surface area contributed by atoms with Crippen LogP contribution in [0.5, 0.6) is 5.75 Å². The van der Waals surface area contributed by atoms with Gasteiger partial charge in [0.05, 0.1) is 24.1 Å². The van der Waals surface area contributed by atoms with E-state index < -0.39 is 5.63 Å². The van der Waals surface area contributed by atoms with Crippen molar-refractivity contribution in [2.75, 3.05) is 44.2 Å². The number of rotatable bonds is 6. The SMILES string of the molecule is O=c1ccc2cc3ccoc3c(OCCCN3CCN(c4cccc5cccnc45)CC3)c2o1. The Kier molecular flexibility index (Phi) is 5.39. The van der Waals surface area contributed by atoms with E-state index in [9.17, 15) is 4.79 Å². The summed E-state index contributed by atoms with van der Waals surface area (Å²) in [4.78, 5) is 21.3. The molecule has 34 heavy (non-hydrogen) atoms. The molecule has 0 spiro atoms. The van der Waals surface area contributed by atoms with Gasteiger partial charge in [0, 0.05) is 61.1 Å². The van der Waals surface area contributed by atoms with Gasteiger partial charge in [0.25, 0.3) is 0 Å². The Bertz CT molecular complexity index is 1510. The van der Waals surface area contributed by atoms with Crippen LogP contribution in [0, 0.1) is 0 Å². The van der Waals surface area contributed by atoms with Gasteiger partial charge in [-0.05, 0) is 36.8 Å². The normalized spacial score (nSPS) is 14.9. The zero-order chi connectivity index (χ0) is 22.9. The summed E-state index contributed by atoms with van der Waals surface area (Å²) < 4.78 is 17.2. The Labute approximate surface area is 196 Å². The smallest absolute Gasteiger partial charge is 0.336 e. The van der Waals surface area contributed by atoms with E-state index in [0.29, 0.717) is 23.5 Å². The average Bonchev–Trinajstić information content (AvgIpc) is 3.35. The van der Waals surface area contributed by atoms with Crippen LogP contribution in [0.25, 0.3) is 32.8 Å². The van der Waals surface area contributed by atoms with E-state index in [-0.39, 0.29) is 0 Å². The van der Waals surface area contributed by atoms with Gasteiger partial charge in [0.1, 0.15) is 0 Å². The molecule has 6 rings (SSSR count). The molecule has 0 amide bonds. The van der Waals surface area contributed by atoms with Crippen LogP contribution in [-0.2, 0) is 0 Å². The van der Waals surface area contributed by atoms with Crippen LogP contribution in [0.4, 0.5) is 5.69 Å². The Morgan fingerprint density at radius 1 is 0.912 bits per heavy atom. The highest BCUT2D eigenvalue weighted by atomic mass is 16.5. The molecule has 1 fully saturated rings. The fourth-order valence-electron chi connectivity index (χ4n) is 4.76. The number of pyridine rings is 1. The molecule has 0 unspecified atom stereocenters. The van der Waals surface area contributed by atoms with Crippen LogP contribution in [0.1, 0.15) is 6.42 Å². The first-order valence-electron chi connectivity index (χ1n) is 11.6. The van der Waals surface area contributed by atoms with Gasteiger partial charge in [-0.2, -0.15) is 0 Å². The minimum atomic E-state index is -0.400. The molecule has 172 valence electrons. The number of fused-ring (bicyclic) bond motifs is 3. The molecule has 7 heteroatoms. The zero-order valence-corrected chi connectivity index (χ0v) is 18.8. The Hall–Kier alpha value is -3.84. The molecule has 5 aromatic rings. The summed E-state index contributed by atoms with van der Waals surface area (Å²) in [5.41, 5.74) is 2.92. The van der Waals surface area contributed by atoms with Crippen LogP contribution in [-0.4, -0.2) is 49.2 Å². The van der Waals surface area contributed by atoms with Crippen molar-refractivity contribution in [3.63, 3.8) is 0 Å². The number of furan rings is 1. The van der Waals surface area contributed by atoms with Crippen molar-refractivity contribution < 1.29 is 13.6 Å². The van der Waals surface area contributed by atoms with E-state index in [2.05, 4.69) is 39.0 Å². The zero-order valence-electron chi connectivity index (χ0n) is 18.8. The Morgan fingerprint density at radius 3 is 2.68 bits per heavy atom. The molecule has 0 saturated carbocycles. The number of piperazine rings is 1. The molecule has 0 aliphatic carbocycles. The fourth-order valence-corrected chi connectivity index (χ4v) is 4.76. The second-order valence-electron chi connectivity index (χ2n) is 8.60. The highest BCUT2D eigenvalue weighted by Gasteiger charge is 2.19. The summed E-state index contributed by atoms with van der Waals surface area (Å²) in [7, 11) is 0. The van der Waals surface area contributed by atoms with Crippen LogP contribution < -0.4 is 15.3 Å². The minimum absolute atomic E-state index is 0.400. The van der Waals surface area contributed by atoms with Crippen molar-refractivity contribution in [1.29, 1.82) is 0 Å². The van der Waals surface area contributed by atoms with Gasteiger partial charge in [-0.3, -0.25) is 9.88 Å². The molecule has 0 atom stereocenters. The first-order valence-corrected chi connectivity index (χ1v) is 11.6. The fraction of sp³-hybridized carbons (Fsp3) is 0.259. The highest BCUT2D eigenvalue weighted by Crippen LogP contribution is 2.35. The summed E-state index contributed by atoms with van der Waals surface area (Å²) in [5.74, 6) is 0.503. The Morgan fingerprint density at radius 2 is 1.76 bits per heavy atom. The number of nitrogens with zero attached hydrogens (tertiary/aromatic N) is 3. The van der Waals surface area contributed by atoms with Gasteiger partial charge in [0.15, 0.2) is 11.2 Å². The largest absolute Gasteiger partial charge is 0.486 e. The quantitative estimate of drug-likeness (QED) is 0.272. The second-order valence-corrected chi connectivity index (χ2v) is 8.60. The molecule has 0 N–H and O–H groups in total. The summed E-state index contributed by atoms with van der Waals surface area (Å²) in [5, 5.41) is 2.92. The number of hydrogen-bond acceptors (Lipinski definition) is 7. The van der Waals surface area contributed by atoms with E-state index >= 15 is 0 Å². The van der Waals surface area contributed by atoms with E-state index in [1.165, 1.54) is 17.1 Å². The lowest BCUT2D eigenvalue weighted by Gasteiger charge is -2.36. The number of aromatic nitrogens is 1. The van der Waals surface area contributed by atoms with Crippen LogP contribution in [0.2, 0.25) is 0 Å². The lowest BCUT2D eigenvalue weighted by Crippen LogP contribution is -2.46. The molecule has 7 nitrogen and oxygen atoms in total. The van der Waals surface area contributed by atoms with Gasteiger partial charge in [-0.25, -0.2) is 4.79 Å². The number of ether oxygens (including phenoxy) is 1. The summed E-state index contributed by atoms with van der Waals surface area (Å²) >= 11 is 0. The third-order valence-electron chi connectivity index (χ3n) is 6.47. The molecule has 1 aliphatic rings. The summed E-state index contributed by atoms with van der Waals surface area (Å²) in [6, 6.07) is 17.5. The van der Waals surface area contributed by atoms with Crippen molar-refractivity contribution >= 4 is 38.5 Å². The molecule has 0 bridgehead atoms. The molecule has 4 heterocycles. The van der Waals surface area contributed by atoms with E-state index in [1.54, 1.807) is 12.3 Å². The van der Waals surface area contributed by atoms with Gasteiger partial charge >= 0.3 is 5.63 Å². The molecule has 2 aromatic carbocycles. The third kappa shape index (κ3) is 3.88. The molecule has 1 saturated heterocycles. The number of benzene rings is 2. The van der Waals surface area contributed by atoms with Crippen molar-refractivity contribution in [3.8, 4) is 5.75 Å². The number of hydrogen-bond donors (Lipinski definition) is 0. The topological polar surface area (TPSA) is 72.0 Å². The van der Waals surface area contributed by atoms with Gasteiger partial charge in [-0.15, -0.1) is 0 Å².